The average Bonchev–Trinajstić information content (AvgIpc) is 2.92. The molecule has 1 aromatic heterocycles. The molecule has 4 rings (SSSR count). The van der Waals surface area contributed by atoms with E-state index in [1.807, 2.05) is 12.1 Å². The molecule has 0 nitrogen and oxygen atoms in total. The zero-order valence-electron chi connectivity index (χ0n) is 10.6. The lowest BCUT2D eigenvalue weighted by atomic mass is 10.0. The molecule has 0 unspecified atom stereocenters. The molecule has 0 bridgehead atoms. The number of hydrogen-bond donors (Lipinski definition) is 0. The van der Waals surface area contributed by atoms with Gasteiger partial charge in [-0.2, -0.15) is 0 Å². The van der Waals surface area contributed by atoms with E-state index in [1.54, 1.807) is 11.3 Å². The average molecular weight is 295 g/mol. The van der Waals surface area contributed by atoms with E-state index in [4.69, 9.17) is 11.6 Å². The summed E-state index contributed by atoms with van der Waals surface area (Å²) in [6.45, 7) is 0. The van der Waals surface area contributed by atoms with Gasteiger partial charge in [-0.15, -0.1) is 11.3 Å². The third-order valence-electron chi connectivity index (χ3n) is 3.61. The molecule has 0 N–H and O–H groups in total. The molecule has 4 aromatic rings. The number of hydrogen-bond acceptors (Lipinski definition) is 1. The molecule has 0 atom stereocenters. The first kappa shape index (κ1) is 12.0. The molecule has 20 heavy (non-hydrogen) atoms. The predicted octanol–water partition coefficient (Wildman–Crippen LogP) is 6.37. The molecule has 0 saturated carbocycles. The van der Waals surface area contributed by atoms with Crippen molar-refractivity contribution in [3.8, 4) is 11.1 Å². The van der Waals surface area contributed by atoms with Crippen molar-refractivity contribution < 1.29 is 0 Å². The van der Waals surface area contributed by atoms with Crippen molar-refractivity contribution in [2.24, 2.45) is 0 Å². The van der Waals surface area contributed by atoms with Gasteiger partial charge in [-0.05, 0) is 33.8 Å². The predicted molar refractivity (Wildman–Crippen MR) is 89.8 cm³/mol. The van der Waals surface area contributed by atoms with Gasteiger partial charge in [-0.3, -0.25) is 0 Å². The Hall–Kier alpha value is -1.83. The topological polar surface area (TPSA) is 0 Å². The van der Waals surface area contributed by atoms with E-state index >= 15 is 0 Å². The van der Waals surface area contributed by atoms with Gasteiger partial charge in [0.25, 0.3) is 0 Å². The molecule has 0 amide bonds. The largest absolute Gasteiger partial charge is 0.142 e. The van der Waals surface area contributed by atoms with E-state index in [2.05, 4.69) is 53.9 Å². The lowest BCUT2D eigenvalue weighted by Gasteiger charge is -2.03. The van der Waals surface area contributed by atoms with Crippen molar-refractivity contribution in [1.82, 2.24) is 0 Å². The van der Waals surface area contributed by atoms with Gasteiger partial charge in [-0.1, -0.05) is 60.1 Å². The Bertz CT molecular complexity index is 921. The van der Waals surface area contributed by atoms with E-state index < -0.39 is 0 Å². The summed E-state index contributed by atoms with van der Waals surface area (Å²) in [7, 11) is 0. The summed E-state index contributed by atoms with van der Waals surface area (Å²) in [6, 6.07) is 21.2. The van der Waals surface area contributed by atoms with Crippen LogP contribution in [0.15, 0.2) is 66.0 Å². The fourth-order valence-electron chi connectivity index (χ4n) is 2.60. The Balaban J connectivity index is 1.99. The van der Waals surface area contributed by atoms with Gasteiger partial charge in [0.2, 0.25) is 0 Å². The van der Waals surface area contributed by atoms with Gasteiger partial charge in [0, 0.05) is 10.9 Å². The van der Waals surface area contributed by atoms with E-state index in [0.717, 1.165) is 9.72 Å². The molecule has 3 aromatic carbocycles. The maximum Gasteiger partial charge on any atom is 0.0584 e. The van der Waals surface area contributed by atoms with Crippen molar-refractivity contribution in [3.05, 3.63) is 71.1 Å². The summed E-state index contributed by atoms with van der Waals surface area (Å²) in [5.41, 5.74) is 2.51. The molecule has 1 heterocycles. The molecule has 0 aliphatic heterocycles. The van der Waals surface area contributed by atoms with Crippen LogP contribution in [0.5, 0.6) is 0 Å². The first-order valence-electron chi connectivity index (χ1n) is 6.48. The van der Waals surface area contributed by atoms with Crippen LogP contribution in [0, 0.1) is 0 Å². The van der Waals surface area contributed by atoms with Crippen LogP contribution in [0.4, 0.5) is 0 Å². The highest BCUT2D eigenvalue weighted by atomic mass is 35.5. The zero-order chi connectivity index (χ0) is 13.5. The molecule has 0 spiro atoms. The van der Waals surface area contributed by atoms with Crippen LogP contribution < -0.4 is 0 Å². The third-order valence-corrected chi connectivity index (χ3v) is 5.07. The first-order valence-corrected chi connectivity index (χ1v) is 7.73. The standard InChI is InChI=1S/C18H11ClS/c19-17-7-3-6-15-16(11-20-18(15)17)14-9-8-12-4-1-2-5-13(12)10-14/h1-11H. The minimum absolute atomic E-state index is 0.833. The molecule has 0 aliphatic carbocycles. The minimum atomic E-state index is 0.833. The fraction of sp³-hybridized carbons (Fsp3) is 0. The zero-order valence-corrected chi connectivity index (χ0v) is 12.2. The summed E-state index contributed by atoms with van der Waals surface area (Å²) < 4.78 is 1.16. The number of fused-ring (bicyclic) bond motifs is 2. The van der Waals surface area contributed by atoms with Gasteiger partial charge in [-0.25, -0.2) is 0 Å². The maximum absolute atomic E-state index is 6.26. The molecule has 2 heteroatoms. The lowest BCUT2D eigenvalue weighted by molar-refractivity contribution is 1.72. The highest BCUT2D eigenvalue weighted by molar-refractivity contribution is 7.18. The van der Waals surface area contributed by atoms with Crippen molar-refractivity contribution in [1.29, 1.82) is 0 Å². The third kappa shape index (κ3) is 1.82. The molecule has 0 radical (unpaired) electrons. The lowest BCUT2D eigenvalue weighted by Crippen LogP contribution is -1.77. The quantitative estimate of drug-likeness (QED) is 0.382. The summed E-state index contributed by atoms with van der Waals surface area (Å²) in [4.78, 5) is 0. The van der Waals surface area contributed by atoms with Gasteiger partial charge >= 0.3 is 0 Å². The molecule has 96 valence electrons. The number of halogens is 1. The van der Waals surface area contributed by atoms with Crippen LogP contribution in [0.1, 0.15) is 0 Å². The molecule has 0 saturated heterocycles. The summed E-state index contributed by atoms with van der Waals surface area (Å²) in [6.07, 6.45) is 0. The minimum Gasteiger partial charge on any atom is -0.142 e. The van der Waals surface area contributed by atoms with Crippen molar-refractivity contribution in [2.75, 3.05) is 0 Å². The van der Waals surface area contributed by atoms with Crippen LogP contribution in [-0.4, -0.2) is 0 Å². The van der Waals surface area contributed by atoms with E-state index in [0.29, 0.717) is 0 Å². The molecule has 0 fully saturated rings. The molecular weight excluding hydrogens is 284 g/mol. The van der Waals surface area contributed by atoms with Gasteiger partial charge < -0.3 is 0 Å². The monoisotopic (exact) mass is 294 g/mol. The van der Waals surface area contributed by atoms with E-state index in [-0.39, 0.29) is 0 Å². The van der Waals surface area contributed by atoms with Crippen LogP contribution in [0.25, 0.3) is 32.0 Å². The fourth-order valence-corrected chi connectivity index (χ4v) is 3.89. The van der Waals surface area contributed by atoms with Gasteiger partial charge in [0.1, 0.15) is 0 Å². The Morgan fingerprint density at radius 2 is 1.65 bits per heavy atom. The number of rotatable bonds is 1. The van der Waals surface area contributed by atoms with Crippen LogP contribution in [0.3, 0.4) is 0 Å². The Labute approximate surface area is 126 Å². The summed E-state index contributed by atoms with van der Waals surface area (Å²) in [5.74, 6) is 0. The maximum atomic E-state index is 6.26. The normalized spacial score (nSPS) is 11.2. The number of benzene rings is 3. The smallest absolute Gasteiger partial charge is 0.0584 e. The van der Waals surface area contributed by atoms with Crippen LogP contribution in [-0.2, 0) is 0 Å². The Kier molecular flexibility index (Phi) is 2.76. The van der Waals surface area contributed by atoms with Crippen molar-refractivity contribution in [2.45, 2.75) is 0 Å². The highest BCUT2D eigenvalue weighted by Gasteiger charge is 2.08. The van der Waals surface area contributed by atoms with Crippen LogP contribution >= 0.6 is 22.9 Å². The van der Waals surface area contributed by atoms with Crippen LogP contribution in [0.2, 0.25) is 5.02 Å². The second-order valence-electron chi connectivity index (χ2n) is 4.83. The highest BCUT2D eigenvalue weighted by Crippen LogP contribution is 2.38. The summed E-state index contributed by atoms with van der Waals surface area (Å²) >= 11 is 7.97. The van der Waals surface area contributed by atoms with E-state index in [1.165, 1.54) is 27.3 Å². The van der Waals surface area contributed by atoms with Crippen molar-refractivity contribution >= 4 is 43.8 Å². The van der Waals surface area contributed by atoms with Crippen molar-refractivity contribution in [3.63, 3.8) is 0 Å². The number of thiophene rings is 1. The Morgan fingerprint density at radius 3 is 2.55 bits per heavy atom. The van der Waals surface area contributed by atoms with Gasteiger partial charge in [0.15, 0.2) is 0 Å². The second kappa shape index (κ2) is 4.62. The Morgan fingerprint density at radius 1 is 0.800 bits per heavy atom. The SMILES string of the molecule is Clc1cccc2c(-c3ccc4ccccc4c3)csc12. The van der Waals surface area contributed by atoms with E-state index in [9.17, 15) is 0 Å². The first-order chi connectivity index (χ1) is 9.83. The summed E-state index contributed by atoms with van der Waals surface area (Å²) in [5, 5.41) is 6.80. The second-order valence-corrected chi connectivity index (χ2v) is 6.11. The molecule has 0 aliphatic rings. The molecular formula is C18H11ClS. The van der Waals surface area contributed by atoms with Gasteiger partial charge in [0.05, 0.1) is 9.72 Å².